The molecular weight excluding hydrogens is 266 g/mol. The van der Waals surface area contributed by atoms with Gasteiger partial charge in [-0.1, -0.05) is 6.07 Å². The summed E-state index contributed by atoms with van der Waals surface area (Å²) in [6.45, 7) is 1.92. The van der Waals surface area contributed by atoms with Crippen molar-refractivity contribution >= 4 is 17.5 Å². The van der Waals surface area contributed by atoms with Gasteiger partial charge in [0.15, 0.2) is 11.5 Å². The summed E-state index contributed by atoms with van der Waals surface area (Å²) in [4.78, 5) is 13.7. The zero-order valence-electron chi connectivity index (χ0n) is 11.8. The van der Waals surface area contributed by atoms with E-state index in [0.717, 1.165) is 5.56 Å². The molecule has 0 aliphatic carbocycles. The van der Waals surface area contributed by atoms with Crippen LogP contribution in [0.1, 0.15) is 12.5 Å². The fourth-order valence-electron chi connectivity index (χ4n) is 1.64. The van der Waals surface area contributed by atoms with Crippen LogP contribution in [0.2, 0.25) is 0 Å². The van der Waals surface area contributed by atoms with E-state index in [9.17, 15) is 4.79 Å². The topological polar surface area (TPSA) is 38.8 Å². The average Bonchev–Trinajstić information content (AvgIpc) is 2.45. The van der Waals surface area contributed by atoms with Gasteiger partial charge in [0.2, 0.25) is 5.91 Å². The summed E-state index contributed by atoms with van der Waals surface area (Å²) in [7, 11) is 4.92. The molecular formula is C14H20ClNO3. The monoisotopic (exact) mass is 285 g/mol. The summed E-state index contributed by atoms with van der Waals surface area (Å²) >= 11 is 5.75. The first-order valence-electron chi connectivity index (χ1n) is 6.06. The number of benzene rings is 1. The van der Waals surface area contributed by atoms with Crippen molar-refractivity contribution in [2.45, 2.75) is 19.4 Å². The molecule has 0 aromatic heterocycles. The van der Waals surface area contributed by atoms with Crippen molar-refractivity contribution in [1.29, 1.82) is 0 Å². The van der Waals surface area contributed by atoms with Crippen molar-refractivity contribution in [1.82, 2.24) is 4.90 Å². The first-order chi connectivity index (χ1) is 9.03. The molecule has 1 amide bonds. The second kappa shape index (κ2) is 7.24. The number of hydrogen-bond acceptors (Lipinski definition) is 3. The summed E-state index contributed by atoms with van der Waals surface area (Å²) in [6.07, 6.45) is 0.318. The Kier molecular flexibility index (Phi) is 5.96. The first-order valence-corrected chi connectivity index (χ1v) is 6.59. The Bertz CT molecular complexity index is 437. The molecule has 19 heavy (non-hydrogen) atoms. The summed E-state index contributed by atoms with van der Waals surface area (Å²) in [5.41, 5.74) is 0.885. The molecule has 4 nitrogen and oxygen atoms in total. The van der Waals surface area contributed by atoms with Gasteiger partial charge in [0.25, 0.3) is 0 Å². The van der Waals surface area contributed by atoms with Crippen LogP contribution in [-0.4, -0.2) is 44.0 Å². The Balaban J connectivity index is 2.80. The van der Waals surface area contributed by atoms with Gasteiger partial charge in [0.1, 0.15) is 0 Å². The Labute approximate surface area is 119 Å². The van der Waals surface area contributed by atoms with E-state index in [0.29, 0.717) is 23.8 Å². The lowest BCUT2D eigenvalue weighted by Gasteiger charge is -2.23. The lowest BCUT2D eigenvalue weighted by molar-refractivity contribution is -0.130. The molecule has 1 aromatic rings. The molecule has 5 heteroatoms. The van der Waals surface area contributed by atoms with Gasteiger partial charge in [-0.2, -0.15) is 0 Å². The fraction of sp³-hybridized carbons (Fsp3) is 0.500. The van der Waals surface area contributed by atoms with E-state index in [1.807, 2.05) is 19.1 Å². The highest BCUT2D eigenvalue weighted by molar-refractivity contribution is 6.18. The third-order valence-corrected chi connectivity index (χ3v) is 3.53. The highest BCUT2D eigenvalue weighted by atomic mass is 35.5. The summed E-state index contributed by atoms with van der Waals surface area (Å²) < 4.78 is 10.4. The smallest absolute Gasteiger partial charge is 0.227 e. The molecule has 0 fully saturated rings. The van der Waals surface area contributed by atoms with Crippen LogP contribution in [0.25, 0.3) is 0 Å². The van der Waals surface area contributed by atoms with Crippen LogP contribution >= 0.6 is 11.6 Å². The Hall–Kier alpha value is -1.42. The quantitative estimate of drug-likeness (QED) is 0.753. The van der Waals surface area contributed by atoms with Gasteiger partial charge < -0.3 is 14.4 Å². The minimum Gasteiger partial charge on any atom is -0.493 e. The lowest BCUT2D eigenvalue weighted by Crippen LogP contribution is -2.37. The molecule has 0 saturated carbocycles. The summed E-state index contributed by atoms with van der Waals surface area (Å²) in [6, 6.07) is 5.50. The highest BCUT2D eigenvalue weighted by Gasteiger charge is 2.16. The average molecular weight is 286 g/mol. The predicted molar refractivity (Wildman–Crippen MR) is 76.2 cm³/mol. The van der Waals surface area contributed by atoms with Crippen molar-refractivity contribution in [3.8, 4) is 11.5 Å². The van der Waals surface area contributed by atoms with Crippen molar-refractivity contribution in [3.63, 3.8) is 0 Å². The van der Waals surface area contributed by atoms with Crippen LogP contribution in [-0.2, 0) is 11.2 Å². The van der Waals surface area contributed by atoms with E-state index in [2.05, 4.69) is 0 Å². The highest BCUT2D eigenvalue weighted by Crippen LogP contribution is 2.27. The van der Waals surface area contributed by atoms with Crippen molar-refractivity contribution in [2.75, 3.05) is 27.1 Å². The van der Waals surface area contributed by atoms with Gasteiger partial charge in [0, 0.05) is 19.0 Å². The number of carbonyl (C=O) groups excluding carboxylic acids is 1. The molecule has 1 aromatic carbocycles. The third-order valence-electron chi connectivity index (χ3n) is 3.08. The number of likely N-dealkylation sites (N-methyl/N-ethyl adjacent to an activating group) is 1. The maximum Gasteiger partial charge on any atom is 0.227 e. The van der Waals surface area contributed by atoms with Crippen LogP contribution in [0.3, 0.4) is 0 Å². The number of alkyl halides is 1. The first kappa shape index (κ1) is 15.6. The number of halogens is 1. The van der Waals surface area contributed by atoms with E-state index in [1.165, 1.54) is 0 Å². The van der Waals surface area contributed by atoms with Crippen molar-refractivity contribution < 1.29 is 14.3 Å². The van der Waals surface area contributed by atoms with Gasteiger partial charge in [-0.3, -0.25) is 4.79 Å². The molecule has 0 radical (unpaired) electrons. The number of amides is 1. The van der Waals surface area contributed by atoms with Crippen molar-refractivity contribution in [3.05, 3.63) is 23.8 Å². The van der Waals surface area contributed by atoms with Gasteiger partial charge in [-0.25, -0.2) is 0 Å². The lowest BCUT2D eigenvalue weighted by atomic mass is 10.1. The number of methoxy groups -OCH3 is 2. The van der Waals surface area contributed by atoms with E-state index < -0.39 is 0 Å². The van der Waals surface area contributed by atoms with Crippen LogP contribution < -0.4 is 9.47 Å². The second-order valence-corrected chi connectivity index (χ2v) is 4.68. The number of rotatable bonds is 6. The number of hydrogen-bond donors (Lipinski definition) is 0. The Morgan fingerprint density at radius 3 is 2.47 bits per heavy atom. The minimum atomic E-state index is 0.0225. The van der Waals surface area contributed by atoms with E-state index >= 15 is 0 Å². The van der Waals surface area contributed by atoms with E-state index in [4.69, 9.17) is 21.1 Å². The molecule has 1 atom stereocenters. The van der Waals surface area contributed by atoms with Crippen LogP contribution in [0.15, 0.2) is 18.2 Å². The maximum atomic E-state index is 12.1. The summed E-state index contributed by atoms with van der Waals surface area (Å²) in [5.74, 6) is 1.73. The van der Waals surface area contributed by atoms with Crippen LogP contribution in [0, 0.1) is 0 Å². The molecule has 0 aliphatic heterocycles. The van der Waals surface area contributed by atoms with Crippen LogP contribution in [0.5, 0.6) is 11.5 Å². The third kappa shape index (κ3) is 4.03. The number of nitrogens with zero attached hydrogens (tertiary/aromatic N) is 1. The van der Waals surface area contributed by atoms with Gasteiger partial charge in [-0.15, -0.1) is 11.6 Å². The van der Waals surface area contributed by atoms with E-state index in [1.54, 1.807) is 32.2 Å². The SMILES string of the molecule is COc1ccc(CC(=O)N(C)C(C)CCl)cc1OC. The molecule has 106 valence electrons. The Morgan fingerprint density at radius 2 is 1.95 bits per heavy atom. The summed E-state index contributed by atoms with van der Waals surface area (Å²) in [5, 5.41) is 0. The zero-order valence-corrected chi connectivity index (χ0v) is 12.5. The van der Waals surface area contributed by atoms with Gasteiger partial charge in [0.05, 0.1) is 20.6 Å². The van der Waals surface area contributed by atoms with Gasteiger partial charge in [-0.05, 0) is 24.6 Å². The van der Waals surface area contributed by atoms with Crippen LogP contribution in [0.4, 0.5) is 0 Å². The molecule has 1 unspecified atom stereocenters. The number of ether oxygens (including phenoxy) is 2. The minimum absolute atomic E-state index is 0.0225. The van der Waals surface area contributed by atoms with E-state index in [-0.39, 0.29) is 11.9 Å². The standard InChI is InChI=1S/C14H20ClNO3/c1-10(9-15)16(2)14(17)8-11-5-6-12(18-3)13(7-11)19-4/h5-7,10H,8-9H2,1-4H3. The molecule has 0 spiro atoms. The van der Waals surface area contributed by atoms with Gasteiger partial charge >= 0.3 is 0 Å². The predicted octanol–water partition coefficient (Wildman–Crippen LogP) is 2.33. The fourth-order valence-corrected chi connectivity index (χ4v) is 1.85. The molecule has 0 heterocycles. The molecule has 0 bridgehead atoms. The molecule has 0 saturated heterocycles. The Morgan fingerprint density at radius 1 is 1.32 bits per heavy atom. The maximum absolute atomic E-state index is 12.1. The second-order valence-electron chi connectivity index (χ2n) is 4.37. The molecule has 0 aliphatic rings. The largest absolute Gasteiger partial charge is 0.493 e. The molecule has 0 N–H and O–H groups in total. The van der Waals surface area contributed by atoms with Crippen molar-refractivity contribution in [2.24, 2.45) is 0 Å². The number of carbonyl (C=O) groups is 1. The normalized spacial score (nSPS) is 11.8. The zero-order chi connectivity index (χ0) is 14.4. The molecule has 1 rings (SSSR count).